The van der Waals surface area contributed by atoms with Crippen molar-refractivity contribution in [1.29, 1.82) is 0 Å². The molecule has 1 N–H and O–H groups in total. The number of nitrogens with one attached hydrogen (secondary N) is 1. The molecule has 4 rings (SSSR count). The van der Waals surface area contributed by atoms with Crippen molar-refractivity contribution >= 4 is 28.8 Å². The fraction of sp³-hybridized carbons (Fsp3) is 0.280. The number of amidine groups is 1. The van der Waals surface area contributed by atoms with Gasteiger partial charge in [0, 0.05) is 36.1 Å². The molecule has 3 heterocycles. The van der Waals surface area contributed by atoms with Gasteiger partial charge in [0.2, 0.25) is 5.91 Å². The third-order valence-electron chi connectivity index (χ3n) is 5.61. The summed E-state index contributed by atoms with van der Waals surface area (Å²) in [6.45, 7) is 2.28. The largest absolute Gasteiger partial charge is 0.496 e. The van der Waals surface area contributed by atoms with Crippen molar-refractivity contribution in [3.8, 4) is 5.75 Å². The number of carbonyl (C=O) groups excluding carboxylic acids is 2. The van der Waals surface area contributed by atoms with Gasteiger partial charge in [-0.2, -0.15) is 0 Å². The van der Waals surface area contributed by atoms with Crippen molar-refractivity contribution in [2.45, 2.75) is 25.8 Å². The van der Waals surface area contributed by atoms with Crippen molar-refractivity contribution in [3.63, 3.8) is 0 Å². The molecular formula is C25H26N4O4S. The Morgan fingerprint density at radius 3 is 2.68 bits per heavy atom. The van der Waals surface area contributed by atoms with Crippen LogP contribution in [0.15, 0.2) is 76.0 Å². The second-order valence-corrected chi connectivity index (χ2v) is 8.56. The van der Waals surface area contributed by atoms with Gasteiger partial charge in [0.25, 0.3) is 0 Å². The Bertz CT molecular complexity index is 1180. The summed E-state index contributed by atoms with van der Waals surface area (Å²) in [4.78, 5) is 36.5. The number of para-hydroxylation sites is 1. The zero-order chi connectivity index (χ0) is 24.1. The number of amides is 1. The van der Waals surface area contributed by atoms with Gasteiger partial charge in [-0.1, -0.05) is 36.0 Å². The Balaban J connectivity index is 1.58. The number of aliphatic imine (C=N–C) groups is 1. The molecule has 0 spiro atoms. The first kappa shape index (κ1) is 23.6. The molecule has 1 aromatic carbocycles. The van der Waals surface area contributed by atoms with Gasteiger partial charge < -0.3 is 19.7 Å². The number of ether oxygens (including phenoxy) is 2. The van der Waals surface area contributed by atoms with Crippen molar-refractivity contribution in [2.24, 2.45) is 4.99 Å². The molecule has 0 unspecified atom stereocenters. The van der Waals surface area contributed by atoms with Crippen molar-refractivity contribution < 1.29 is 19.1 Å². The predicted molar refractivity (Wildman–Crippen MR) is 131 cm³/mol. The number of nitrogens with zero attached hydrogens (tertiary/aromatic N) is 3. The Morgan fingerprint density at radius 1 is 1.15 bits per heavy atom. The number of hydrogen-bond acceptors (Lipinski definition) is 8. The van der Waals surface area contributed by atoms with Gasteiger partial charge in [0.15, 0.2) is 5.17 Å². The maximum atomic E-state index is 12.8. The molecule has 0 saturated heterocycles. The van der Waals surface area contributed by atoms with Crippen LogP contribution in [0.4, 0.5) is 0 Å². The van der Waals surface area contributed by atoms with Crippen LogP contribution in [0.1, 0.15) is 30.6 Å². The van der Waals surface area contributed by atoms with Gasteiger partial charge in [-0.15, -0.1) is 0 Å². The van der Waals surface area contributed by atoms with Crippen LogP contribution in [-0.2, 0) is 20.7 Å². The number of fused-ring (bicyclic) bond motifs is 1. The van der Waals surface area contributed by atoms with Gasteiger partial charge in [-0.05, 0) is 30.5 Å². The van der Waals surface area contributed by atoms with E-state index in [0.717, 1.165) is 17.0 Å². The minimum Gasteiger partial charge on any atom is -0.496 e. The molecule has 0 fully saturated rings. The van der Waals surface area contributed by atoms with Gasteiger partial charge in [0.1, 0.15) is 5.75 Å². The van der Waals surface area contributed by atoms with E-state index in [-0.39, 0.29) is 12.3 Å². The smallest absolute Gasteiger partial charge is 0.338 e. The highest BCUT2D eigenvalue weighted by Gasteiger charge is 2.42. The van der Waals surface area contributed by atoms with Crippen LogP contribution >= 0.6 is 11.8 Å². The predicted octanol–water partition coefficient (Wildman–Crippen LogP) is 3.59. The number of aromatic nitrogens is 1. The topological polar surface area (TPSA) is 93.1 Å². The minimum atomic E-state index is -0.529. The van der Waals surface area contributed by atoms with Gasteiger partial charge >= 0.3 is 5.97 Å². The lowest BCUT2D eigenvalue weighted by Crippen LogP contribution is -2.38. The Kier molecular flexibility index (Phi) is 7.32. The summed E-state index contributed by atoms with van der Waals surface area (Å²) in [5, 5.41) is 5.58. The number of hydrogen-bond donors (Lipinski definition) is 1. The van der Waals surface area contributed by atoms with Crippen LogP contribution in [0.5, 0.6) is 5.75 Å². The van der Waals surface area contributed by atoms with Crippen LogP contribution in [0.2, 0.25) is 0 Å². The SMILES string of the molecule is COC(=O)C1=C(C)N=C2SC=C(CC(=O)NCCc3ccccn3)N2[C@H]1c1ccccc1OC. The van der Waals surface area contributed by atoms with Crippen LogP contribution in [0, 0.1) is 0 Å². The van der Waals surface area contributed by atoms with Crippen molar-refractivity contribution in [1.82, 2.24) is 15.2 Å². The monoisotopic (exact) mass is 478 g/mol. The highest BCUT2D eigenvalue weighted by atomic mass is 32.2. The lowest BCUT2D eigenvalue weighted by molar-refractivity contribution is -0.136. The first-order valence-electron chi connectivity index (χ1n) is 10.9. The number of allylic oxidation sites excluding steroid dienone is 1. The first-order valence-corrected chi connectivity index (χ1v) is 11.7. The van der Waals surface area contributed by atoms with E-state index in [1.165, 1.54) is 18.9 Å². The van der Waals surface area contributed by atoms with E-state index >= 15 is 0 Å². The van der Waals surface area contributed by atoms with Gasteiger partial charge in [-0.25, -0.2) is 9.79 Å². The van der Waals surface area contributed by atoms with E-state index in [9.17, 15) is 9.59 Å². The lowest BCUT2D eigenvalue weighted by Gasteiger charge is -2.36. The molecule has 2 aromatic rings. The Hall–Kier alpha value is -3.59. The third kappa shape index (κ3) is 4.84. The summed E-state index contributed by atoms with van der Waals surface area (Å²) in [5.41, 5.74) is 3.46. The number of rotatable bonds is 8. The number of thioether (sulfide) groups is 1. The molecule has 0 saturated carbocycles. The second kappa shape index (κ2) is 10.6. The first-order chi connectivity index (χ1) is 16.5. The molecule has 1 atom stereocenters. The van der Waals surface area contributed by atoms with Gasteiger partial charge in [-0.3, -0.25) is 9.78 Å². The molecule has 2 aliphatic rings. The zero-order valence-corrected chi connectivity index (χ0v) is 20.1. The quantitative estimate of drug-likeness (QED) is 0.580. The third-order valence-corrected chi connectivity index (χ3v) is 6.50. The Labute approximate surface area is 202 Å². The average Bonchev–Trinajstić information content (AvgIpc) is 3.25. The average molecular weight is 479 g/mol. The van der Waals surface area contributed by atoms with Crippen molar-refractivity contribution in [3.05, 3.63) is 82.3 Å². The molecule has 1 amide bonds. The van der Waals surface area contributed by atoms with E-state index < -0.39 is 12.0 Å². The summed E-state index contributed by atoms with van der Waals surface area (Å²) >= 11 is 1.43. The summed E-state index contributed by atoms with van der Waals surface area (Å²) in [6.07, 6.45) is 2.53. The highest BCUT2D eigenvalue weighted by molar-refractivity contribution is 8.16. The molecule has 8 nitrogen and oxygen atoms in total. The summed E-state index contributed by atoms with van der Waals surface area (Å²) in [6, 6.07) is 12.7. The summed E-state index contributed by atoms with van der Waals surface area (Å²) in [7, 11) is 2.95. The standard InChI is InChI=1S/C25H26N4O4S/c1-16-22(24(31)33-3)23(19-9-4-5-10-20(19)32-2)29-18(15-34-25(29)28-16)14-21(30)27-13-11-17-8-6-7-12-26-17/h4-10,12,15,23H,11,13-14H2,1-3H3,(H,27,30)/t23-/m0/s1. The number of carbonyl (C=O) groups is 2. The normalized spacial score (nSPS) is 17.0. The van der Waals surface area contributed by atoms with Gasteiger partial charge in [0.05, 0.1) is 38.0 Å². The molecular weight excluding hydrogens is 452 g/mol. The maximum Gasteiger partial charge on any atom is 0.338 e. The van der Waals surface area contributed by atoms with E-state index in [1.54, 1.807) is 20.2 Å². The van der Waals surface area contributed by atoms with Crippen molar-refractivity contribution in [2.75, 3.05) is 20.8 Å². The number of methoxy groups -OCH3 is 2. The fourth-order valence-corrected chi connectivity index (χ4v) is 4.99. The zero-order valence-electron chi connectivity index (χ0n) is 19.3. The molecule has 0 aliphatic carbocycles. The minimum absolute atomic E-state index is 0.117. The second-order valence-electron chi connectivity index (χ2n) is 7.72. The number of esters is 1. The molecule has 34 heavy (non-hydrogen) atoms. The number of benzene rings is 1. The summed E-state index contributed by atoms with van der Waals surface area (Å²) < 4.78 is 10.7. The molecule has 0 radical (unpaired) electrons. The molecule has 1 aromatic heterocycles. The van der Waals surface area contributed by atoms with Crippen LogP contribution in [0.25, 0.3) is 0 Å². The molecule has 176 valence electrons. The van der Waals surface area contributed by atoms with E-state index in [0.29, 0.717) is 35.2 Å². The van der Waals surface area contributed by atoms with E-state index in [2.05, 4.69) is 15.3 Å². The van der Waals surface area contributed by atoms with Crippen LogP contribution < -0.4 is 10.1 Å². The Morgan fingerprint density at radius 2 is 1.94 bits per heavy atom. The van der Waals surface area contributed by atoms with E-state index in [1.807, 2.05) is 52.8 Å². The molecule has 0 bridgehead atoms. The maximum absolute atomic E-state index is 12.8. The highest BCUT2D eigenvalue weighted by Crippen LogP contribution is 2.46. The summed E-state index contributed by atoms with van der Waals surface area (Å²) in [5.74, 6) is 0.0555. The lowest BCUT2D eigenvalue weighted by atomic mass is 9.93. The van der Waals surface area contributed by atoms with Crippen LogP contribution in [0.3, 0.4) is 0 Å². The fourth-order valence-electron chi connectivity index (χ4n) is 4.03. The van der Waals surface area contributed by atoms with E-state index in [4.69, 9.17) is 9.47 Å². The molecule has 2 aliphatic heterocycles. The van der Waals surface area contributed by atoms with Crippen LogP contribution in [-0.4, -0.2) is 47.7 Å². The number of pyridine rings is 1. The molecule has 9 heteroatoms.